The Hall–Kier alpha value is -3.19. The Balaban J connectivity index is 1.64. The number of rotatable bonds is 5. The van der Waals surface area contributed by atoms with Crippen LogP contribution in [0.2, 0.25) is 0 Å². The third kappa shape index (κ3) is 4.77. The number of benzene rings is 2. The summed E-state index contributed by atoms with van der Waals surface area (Å²) in [5, 5.41) is 3.56. The van der Waals surface area contributed by atoms with E-state index in [1.54, 1.807) is 12.1 Å². The first-order valence-corrected chi connectivity index (χ1v) is 10.5. The number of para-hydroxylation sites is 1. The van der Waals surface area contributed by atoms with E-state index >= 15 is 0 Å². The summed E-state index contributed by atoms with van der Waals surface area (Å²) in [7, 11) is 0. The quantitative estimate of drug-likeness (QED) is 0.635. The van der Waals surface area contributed by atoms with Gasteiger partial charge < -0.3 is 19.9 Å². The minimum Gasteiger partial charge on any atom is -0.376 e. The van der Waals surface area contributed by atoms with E-state index in [-0.39, 0.29) is 23.9 Å². The van der Waals surface area contributed by atoms with Gasteiger partial charge >= 0.3 is 6.03 Å². The highest BCUT2D eigenvalue weighted by atomic mass is 19.1. The van der Waals surface area contributed by atoms with Crippen LogP contribution < -0.4 is 10.9 Å². The van der Waals surface area contributed by atoms with Gasteiger partial charge in [0.25, 0.3) is 5.56 Å². The summed E-state index contributed by atoms with van der Waals surface area (Å²) in [4.78, 5) is 30.2. The van der Waals surface area contributed by atoms with Crippen LogP contribution in [0.1, 0.15) is 29.5 Å². The number of fused-ring (bicyclic) bond motifs is 1. The Bertz CT molecular complexity index is 1170. The van der Waals surface area contributed by atoms with Crippen molar-refractivity contribution in [3.8, 4) is 0 Å². The molecule has 1 atom stereocenters. The smallest absolute Gasteiger partial charge is 0.322 e. The van der Waals surface area contributed by atoms with Crippen LogP contribution in [-0.2, 0) is 11.3 Å². The molecule has 0 radical (unpaired) electrons. The fourth-order valence-electron chi connectivity index (χ4n) is 4.05. The van der Waals surface area contributed by atoms with Crippen molar-refractivity contribution in [3.05, 3.63) is 75.3 Å². The average molecular weight is 423 g/mol. The van der Waals surface area contributed by atoms with Gasteiger partial charge in [0.05, 0.1) is 18.3 Å². The molecule has 1 saturated heterocycles. The molecule has 2 N–H and O–H groups in total. The van der Waals surface area contributed by atoms with E-state index in [4.69, 9.17) is 4.74 Å². The second-order valence-electron chi connectivity index (χ2n) is 8.09. The van der Waals surface area contributed by atoms with Gasteiger partial charge in [0, 0.05) is 29.6 Å². The molecule has 2 heterocycles. The van der Waals surface area contributed by atoms with Crippen LogP contribution in [0.4, 0.5) is 14.9 Å². The number of amides is 2. The van der Waals surface area contributed by atoms with Gasteiger partial charge in [0.1, 0.15) is 5.82 Å². The summed E-state index contributed by atoms with van der Waals surface area (Å²) < 4.78 is 19.7. The SMILES string of the molecule is Cc1cc(C)c2cc(CN(C[C@H]3CCCO3)C(=O)Nc3ccccc3F)c(=O)[nH]c2c1. The molecule has 2 amide bonds. The van der Waals surface area contributed by atoms with Crippen molar-refractivity contribution < 1.29 is 13.9 Å². The first-order chi connectivity index (χ1) is 14.9. The van der Waals surface area contributed by atoms with E-state index in [2.05, 4.69) is 16.4 Å². The Kier molecular flexibility index (Phi) is 6.04. The number of hydrogen-bond donors (Lipinski definition) is 2. The number of hydrogen-bond acceptors (Lipinski definition) is 3. The van der Waals surface area contributed by atoms with Crippen molar-refractivity contribution in [1.29, 1.82) is 0 Å². The molecule has 1 aromatic heterocycles. The van der Waals surface area contributed by atoms with Gasteiger partial charge in [-0.15, -0.1) is 0 Å². The van der Waals surface area contributed by atoms with Crippen molar-refractivity contribution in [3.63, 3.8) is 0 Å². The van der Waals surface area contributed by atoms with Crippen molar-refractivity contribution in [1.82, 2.24) is 9.88 Å². The summed E-state index contributed by atoms with van der Waals surface area (Å²) in [6, 6.07) is 11.4. The molecule has 0 spiro atoms. The zero-order valence-corrected chi connectivity index (χ0v) is 17.7. The number of anilines is 1. The van der Waals surface area contributed by atoms with Crippen molar-refractivity contribution in [2.24, 2.45) is 0 Å². The number of carbonyl (C=O) groups is 1. The Morgan fingerprint density at radius 3 is 2.81 bits per heavy atom. The standard InChI is InChI=1S/C24H26FN3O3/c1-15-10-16(2)19-12-17(23(29)26-22(19)11-15)13-28(14-18-6-5-9-31-18)24(30)27-21-8-4-3-7-20(21)25/h3-4,7-8,10-12,18H,5-6,9,13-14H2,1-2H3,(H,26,29)(H,27,30)/t18-/m1/s1. The number of urea groups is 1. The second-order valence-corrected chi connectivity index (χ2v) is 8.09. The fourth-order valence-corrected chi connectivity index (χ4v) is 4.05. The van der Waals surface area contributed by atoms with E-state index in [1.165, 1.54) is 17.0 Å². The van der Waals surface area contributed by atoms with E-state index in [0.717, 1.165) is 34.9 Å². The predicted octanol–water partition coefficient (Wildman–Crippen LogP) is 4.50. The van der Waals surface area contributed by atoms with Gasteiger partial charge in [-0.1, -0.05) is 18.2 Å². The molecule has 1 aliphatic rings. The molecule has 7 heteroatoms. The maximum Gasteiger partial charge on any atom is 0.322 e. The Labute approximate surface area is 180 Å². The summed E-state index contributed by atoms with van der Waals surface area (Å²) in [5.74, 6) is -0.512. The second kappa shape index (κ2) is 8.89. The van der Waals surface area contributed by atoms with E-state index < -0.39 is 11.8 Å². The maximum absolute atomic E-state index is 14.0. The molecule has 4 rings (SSSR count). The van der Waals surface area contributed by atoms with Crippen LogP contribution >= 0.6 is 0 Å². The number of ether oxygens (including phenoxy) is 1. The zero-order valence-electron chi connectivity index (χ0n) is 17.7. The Morgan fingerprint density at radius 2 is 2.06 bits per heavy atom. The average Bonchev–Trinajstić information content (AvgIpc) is 3.23. The Morgan fingerprint density at radius 1 is 1.26 bits per heavy atom. The van der Waals surface area contributed by atoms with Gasteiger partial charge in [-0.25, -0.2) is 9.18 Å². The highest BCUT2D eigenvalue weighted by Gasteiger charge is 2.24. The van der Waals surface area contributed by atoms with Crippen LogP contribution in [0.25, 0.3) is 10.9 Å². The molecular weight excluding hydrogens is 397 g/mol. The van der Waals surface area contributed by atoms with Crippen molar-refractivity contribution in [2.75, 3.05) is 18.5 Å². The number of aryl methyl sites for hydroxylation is 2. The molecule has 0 bridgehead atoms. The number of nitrogens with zero attached hydrogens (tertiary/aromatic N) is 1. The lowest BCUT2D eigenvalue weighted by Crippen LogP contribution is -2.41. The van der Waals surface area contributed by atoms with E-state index in [0.29, 0.717) is 18.7 Å². The molecule has 0 aliphatic carbocycles. The van der Waals surface area contributed by atoms with Gasteiger partial charge in [-0.2, -0.15) is 0 Å². The lowest BCUT2D eigenvalue weighted by Gasteiger charge is -2.26. The maximum atomic E-state index is 14.0. The van der Waals surface area contributed by atoms with Crippen molar-refractivity contribution in [2.45, 2.75) is 39.3 Å². The molecule has 0 unspecified atom stereocenters. The van der Waals surface area contributed by atoms with Crippen LogP contribution in [0.5, 0.6) is 0 Å². The zero-order chi connectivity index (χ0) is 22.0. The summed E-state index contributed by atoms with van der Waals surface area (Å²) in [5.41, 5.74) is 3.22. The number of halogens is 1. The summed E-state index contributed by atoms with van der Waals surface area (Å²) >= 11 is 0. The highest BCUT2D eigenvalue weighted by Crippen LogP contribution is 2.21. The van der Waals surface area contributed by atoms with E-state index in [1.807, 2.05) is 26.0 Å². The molecule has 3 aromatic rings. The molecule has 0 saturated carbocycles. The van der Waals surface area contributed by atoms with Gasteiger partial charge in [0.15, 0.2) is 0 Å². The molecule has 1 aliphatic heterocycles. The van der Waals surface area contributed by atoms with Crippen molar-refractivity contribution >= 4 is 22.6 Å². The molecule has 6 nitrogen and oxygen atoms in total. The third-order valence-electron chi connectivity index (χ3n) is 5.60. The van der Waals surface area contributed by atoms with Crippen LogP contribution in [-0.4, -0.2) is 35.2 Å². The van der Waals surface area contributed by atoms with E-state index in [9.17, 15) is 14.0 Å². The normalized spacial score (nSPS) is 15.9. The first kappa shape index (κ1) is 21.1. The van der Waals surface area contributed by atoms with Crippen LogP contribution in [0, 0.1) is 19.7 Å². The molecular formula is C24H26FN3O3. The number of H-pyrrole nitrogens is 1. The minimum atomic E-state index is -0.512. The summed E-state index contributed by atoms with van der Waals surface area (Å²) in [6.45, 7) is 5.05. The third-order valence-corrected chi connectivity index (χ3v) is 5.60. The minimum absolute atomic E-state index is 0.0960. The largest absolute Gasteiger partial charge is 0.376 e. The van der Waals surface area contributed by atoms with Gasteiger partial charge in [-0.3, -0.25) is 4.79 Å². The molecule has 162 valence electrons. The molecule has 1 fully saturated rings. The molecule has 2 aromatic carbocycles. The van der Waals surface area contributed by atoms with Crippen LogP contribution in [0.15, 0.2) is 47.3 Å². The molecule has 31 heavy (non-hydrogen) atoms. The number of pyridine rings is 1. The number of aromatic amines is 1. The monoisotopic (exact) mass is 423 g/mol. The van der Waals surface area contributed by atoms with Crippen LogP contribution in [0.3, 0.4) is 0 Å². The topological polar surface area (TPSA) is 74.4 Å². The first-order valence-electron chi connectivity index (χ1n) is 10.5. The lowest BCUT2D eigenvalue weighted by molar-refractivity contribution is 0.0818. The predicted molar refractivity (Wildman–Crippen MR) is 119 cm³/mol. The number of carbonyl (C=O) groups excluding carboxylic acids is 1. The lowest BCUT2D eigenvalue weighted by atomic mass is 10.0. The van der Waals surface area contributed by atoms with Gasteiger partial charge in [-0.05, 0) is 62.1 Å². The number of aromatic nitrogens is 1. The summed E-state index contributed by atoms with van der Waals surface area (Å²) in [6.07, 6.45) is 1.67. The van der Waals surface area contributed by atoms with Gasteiger partial charge in [0.2, 0.25) is 0 Å². The number of nitrogens with one attached hydrogen (secondary N) is 2. The highest BCUT2D eigenvalue weighted by molar-refractivity contribution is 5.89. The fraction of sp³-hybridized carbons (Fsp3) is 0.333.